The summed E-state index contributed by atoms with van der Waals surface area (Å²) in [5, 5.41) is 8.42. The van der Waals surface area contributed by atoms with Crippen molar-refractivity contribution < 1.29 is 0 Å². The Bertz CT molecular complexity index is 410. The Kier molecular flexibility index (Phi) is 1.90. The molecule has 0 unspecified atom stereocenters. The highest BCUT2D eigenvalue weighted by atomic mass is 35.5. The van der Waals surface area contributed by atoms with Crippen LogP contribution in [0.15, 0.2) is 30.6 Å². The zero-order chi connectivity index (χ0) is 9.26. The van der Waals surface area contributed by atoms with Gasteiger partial charge in [0.15, 0.2) is 0 Å². The number of aromatic nitrogens is 3. The van der Waals surface area contributed by atoms with E-state index in [-0.39, 0.29) is 0 Å². The fraction of sp³-hybridized carbons (Fsp3) is 0. The van der Waals surface area contributed by atoms with E-state index in [2.05, 4.69) is 10.2 Å². The van der Waals surface area contributed by atoms with Crippen LogP contribution < -0.4 is 5.73 Å². The molecule has 0 spiro atoms. The van der Waals surface area contributed by atoms with Crippen molar-refractivity contribution in [3.05, 3.63) is 35.6 Å². The minimum Gasteiger partial charge on any atom is -0.396 e. The lowest BCUT2D eigenvalue weighted by atomic mass is 10.3. The molecule has 1 aromatic heterocycles. The molecule has 0 bridgehead atoms. The van der Waals surface area contributed by atoms with Gasteiger partial charge in [-0.25, -0.2) is 0 Å². The van der Waals surface area contributed by atoms with Crippen molar-refractivity contribution in [2.24, 2.45) is 0 Å². The van der Waals surface area contributed by atoms with Crippen LogP contribution in [0.25, 0.3) is 5.69 Å². The Morgan fingerprint density at radius 3 is 2.62 bits per heavy atom. The summed E-state index contributed by atoms with van der Waals surface area (Å²) in [6.07, 6.45) is 3.17. The molecule has 0 aliphatic carbocycles. The first kappa shape index (κ1) is 8.07. The minimum absolute atomic E-state index is 0.486. The lowest BCUT2D eigenvalue weighted by Crippen LogP contribution is -2.02. The molecule has 2 aromatic rings. The van der Waals surface area contributed by atoms with E-state index in [1.54, 1.807) is 30.6 Å². The van der Waals surface area contributed by atoms with E-state index >= 15 is 0 Å². The Hall–Kier alpha value is -1.55. The van der Waals surface area contributed by atoms with Gasteiger partial charge in [0.1, 0.15) is 5.69 Å². The van der Waals surface area contributed by atoms with E-state index in [0.717, 1.165) is 0 Å². The largest absolute Gasteiger partial charge is 0.396 e. The normalized spacial score (nSPS) is 10.2. The number of nitrogens with two attached hydrogens (primary N) is 1. The van der Waals surface area contributed by atoms with Gasteiger partial charge in [-0.05, 0) is 12.1 Å². The van der Waals surface area contributed by atoms with E-state index in [0.29, 0.717) is 16.4 Å². The van der Waals surface area contributed by atoms with Crippen molar-refractivity contribution in [3.63, 3.8) is 0 Å². The van der Waals surface area contributed by atoms with Crippen molar-refractivity contribution in [2.45, 2.75) is 0 Å². The maximum Gasteiger partial charge on any atom is 0.110 e. The Morgan fingerprint density at radius 1 is 1.23 bits per heavy atom. The van der Waals surface area contributed by atoms with Gasteiger partial charge in [0.2, 0.25) is 0 Å². The molecule has 1 heterocycles. The first-order chi connectivity index (χ1) is 6.29. The molecule has 13 heavy (non-hydrogen) atoms. The third-order valence-corrected chi connectivity index (χ3v) is 1.99. The van der Waals surface area contributed by atoms with Gasteiger partial charge in [-0.1, -0.05) is 17.7 Å². The Balaban J connectivity index is 2.59. The molecular formula is C8H7ClN4. The van der Waals surface area contributed by atoms with E-state index in [1.807, 2.05) is 0 Å². The van der Waals surface area contributed by atoms with Crippen LogP contribution in [0.4, 0.5) is 5.69 Å². The molecule has 0 saturated carbocycles. The van der Waals surface area contributed by atoms with E-state index < -0.39 is 0 Å². The van der Waals surface area contributed by atoms with Crippen molar-refractivity contribution in [1.82, 2.24) is 15.0 Å². The molecule has 5 heteroatoms. The third kappa shape index (κ3) is 1.36. The van der Waals surface area contributed by atoms with E-state index in [9.17, 15) is 0 Å². The number of nitrogen functional groups attached to an aromatic ring is 1. The zero-order valence-corrected chi connectivity index (χ0v) is 7.44. The van der Waals surface area contributed by atoms with Crippen LogP contribution >= 0.6 is 11.6 Å². The van der Waals surface area contributed by atoms with Gasteiger partial charge in [0.25, 0.3) is 0 Å². The molecule has 2 N–H and O–H groups in total. The predicted molar refractivity (Wildman–Crippen MR) is 50.8 cm³/mol. The number of anilines is 1. The summed E-state index contributed by atoms with van der Waals surface area (Å²) in [6.45, 7) is 0. The number of benzene rings is 1. The lowest BCUT2D eigenvalue weighted by Gasteiger charge is -2.04. The second-order valence-corrected chi connectivity index (χ2v) is 2.90. The third-order valence-electron chi connectivity index (χ3n) is 1.66. The second-order valence-electron chi connectivity index (χ2n) is 2.49. The maximum absolute atomic E-state index is 5.84. The summed E-state index contributed by atoms with van der Waals surface area (Å²) >= 11 is 5.84. The van der Waals surface area contributed by atoms with Gasteiger partial charge in [0, 0.05) is 0 Å². The van der Waals surface area contributed by atoms with Crippen LogP contribution in [0.5, 0.6) is 0 Å². The lowest BCUT2D eigenvalue weighted by molar-refractivity contribution is 0.754. The molecule has 66 valence electrons. The fourth-order valence-corrected chi connectivity index (χ4v) is 1.21. The second kappa shape index (κ2) is 3.06. The van der Waals surface area contributed by atoms with E-state index in [1.165, 1.54) is 4.80 Å². The summed E-state index contributed by atoms with van der Waals surface area (Å²) in [7, 11) is 0. The number of hydrogen-bond acceptors (Lipinski definition) is 3. The highest BCUT2D eigenvalue weighted by Gasteiger charge is 2.05. The number of hydrogen-bond donors (Lipinski definition) is 1. The average Bonchev–Trinajstić information content (AvgIpc) is 2.62. The van der Waals surface area contributed by atoms with Crippen LogP contribution in [0, 0.1) is 0 Å². The molecular weight excluding hydrogens is 188 g/mol. The van der Waals surface area contributed by atoms with Crippen LogP contribution in [0.2, 0.25) is 5.02 Å². The van der Waals surface area contributed by atoms with E-state index in [4.69, 9.17) is 17.3 Å². The Morgan fingerprint density at radius 2 is 1.92 bits per heavy atom. The van der Waals surface area contributed by atoms with Gasteiger partial charge in [0.05, 0.1) is 23.1 Å². The fourth-order valence-electron chi connectivity index (χ4n) is 1.04. The molecule has 2 rings (SSSR count). The summed E-state index contributed by atoms with van der Waals surface area (Å²) in [5.41, 5.74) is 6.92. The van der Waals surface area contributed by atoms with Gasteiger partial charge in [-0.2, -0.15) is 10.2 Å². The Labute approximate surface area is 79.9 Å². The van der Waals surface area contributed by atoms with Crippen LogP contribution in [0.3, 0.4) is 0 Å². The number of para-hydroxylation sites is 1. The first-order valence-electron chi connectivity index (χ1n) is 3.70. The molecule has 1 aromatic carbocycles. The summed E-state index contributed by atoms with van der Waals surface area (Å²) in [6, 6.07) is 5.34. The molecule has 4 nitrogen and oxygen atoms in total. The monoisotopic (exact) mass is 194 g/mol. The average molecular weight is 195 g/mol. The smallest absolute Gasteiger partial charge is 0.110 e. The van der Waals surface area contributed by atoms with Crippen LogP contribution in [-0.2, 0) is 0 Å². The van der Waals surface area contributed by atoms with Crippen molar-refractivity contribution >= 4 is 17.3 Å². The number of halogens is 1. The molecule has 0 amide bonds. The molecule has 0 aliphatic rings. The summed E-state index contributed by atoms with van der Waals surface area (Å²) < 4.78 is 0. The zero-order valence-electron chi connectivity index (χ0n) is 6.68. The van der Waals surface area contributed by atoms with Crippen LogP contribution in [0.1, 0.15) is 0 Å². The standard InChI is InChI=1S/C8H7ClN4/c9-6-2-1-3-7(8(6)10)13-11-4-5-12-13/h1-5H,10H2. The van der Waals surface area contributed by atoms with Gasteiger partial charge < -0.3 is 5.73 Å². The van der Waals surface area contributed by atoms with Crippen LogP contribution in [-0.4, -0.2) is 15.0 Å². The molecule has 0 atom stereocenters. The molecule has 0 fully saturated rings. The van der Waals surface area contributed by atoms with Gasteiger partial charge >= 0.3 is 0 Å². The molecule has 0 radical (unpaired) electrons. The van der Waals surface area contributed by atoms with Gasteiger partial charge in [-0.3, -0.25) is 0 Å². The SMILES string of the molecule is Nc1c(Cl)cccc1-n1nccn1. The number of nitrogens with zero attached hydrogens (tertiary/aromatic N) is 3. The summed E-state index contributed by atoms with van der Waals surface area (Å²) in [5.74, 6) is 0. The quantitative estimate of drug-likeness (QED) is 0.700. The predicted octanol–water partition coefficient (Wildman–Crippen LogP) is 1.50. The summed E-state index contributed by atoms with van der Waals surface area (Å²) in [4.78, 5) is 1.43. The molecule has 0 aliphatic heterocycles. The minimum atomic E-state index is 0.486. The van der Waals surface area contributed by atoms with Crippen molar-refractivity contribution in [3.8, 4) is 5.69 Å². The highest BCUT2D eigenvalue weighted by molar-refractivity contribution is 6.33. The van der Waals surface area contributed by atoms with Gasteiger partial charge in [-0.15, -0.1) is 4.80 Å². The maximum atomic E-state index is 5.84. The molecule has 0 saturated heterocycles. The van der Waals surface area contributed by atoms with Crippen molar-refractivity contribution in [1.29, 1.82) is 0 Å². The van der Waals surface area contributed by atoms with Crippen molar-refractivity contribution in [2.75, 3.05) is 5.73 Å². The topological polar surface area (TPSA) is 56.7 Å². The number of rotatable bonds is 1. The highest BCUT2D eigenvalue weighted by Crippen LogP contribution is 2.24. The first-order valence-corrected chi connectivity index (χ1v) is 4.07.